The second-order valence-corrected chi connectivity index (χ2v) is 2.79. The van der Waals surface area contributed by atoms with Gasteiger partial charge in [0.2, 0.25) is 0 Å². The van der Waals surface area contributed by atoms with E-state index in [9.17, 15) is 0 Å². The van der Waals surface area contributed by atoms with Crippen LogP contribution in [0.15, 0.2) is 18.2 Å². The fourth-order valence-corrected chi connectivity index (χ4v) is 1.13. The van der Waals surface area contributed by atoms with Crippen LogP contribution in [0.2, 0.25) is 5.02 Å². The Kier molecular flexibility index (Phi) is 2.55. The van der Waals surface area contributed by atoms with Gasteiger partial charge in [0, 0.05) is 23.3 Å². The molecule has 0 unspecified atom stereocenters. The second kappa shape index (κ2) is 3.45. The summed E-state index contributed by atoms with van der Waals surface area (Å²) < 4.78 is 0. The molecule has 0 bridgehead atoms. The van der Waals surface area contributed by atoms with Crippen molar-refractivity contribution in [3.8, 4) is 0 Å². The van der Waals surface area contributed by atoms with E-state index in [0.29, 0.717) is 10.6 Å². The van der Waals surface area contributed by atoms with E-state index in [4.69, 9.17) is 22.7 Å². The van der Waals surface area contributed by atoms with Gasteiger partial charge in [0.15, 0.2) is 0 Å². The largest absolute Gasteiger partial charge is 0.387 e. The molecule has 1 aromatic carbocycles. The van der Waals surface area contributed by atoms with E-state index in [1.54, 1.807) is 25.2 Å². The first-order chi connectivity index (χ1) is 5.65. The molecule has 1 rings (SSSR count). The number of nitrogens with two attached hydrogens (primary N) is 1. The highest BCUT2D eigenvalue weighted by molar-refractivity contribution is 6.31. The normalized spacial score (nSPS) is 9.50. The predicted molar refractivity (Wildman–Crippen MR) is 52.0 cm³/mol. The van der Waals surface area contributed by atoms with Crippen LogP contribution in [-0.4, -0.2) is 12.9 Å². The van der Waals surface area contributed by atoms with Gasteiger partial charge in [-0.25, -0.2) is 0 Å². The van der Waals surface area contributed by atoms with E-state index in [1.807, 2.05) is 0 Å². The van der Waals surface area contributed by atoms with E-state index in [-0.39, 0.29) is 5.84 Å². The summed E-state index contributed by atoms with van der Waals surface area (Å²) in [5.41, 5.74) is 6.78. The SMILES string of the molecule is CNc1cc(Cl)ccc1C(=N)N. The maximum atomic E-state index is 7.24. The van der Waals surface area contributed by atoms with Gasteiger partial charge >= 0.3 is 0 Å². The minimum Gasteiger partial charge on any atom is -0.387 e. The molecule has 0 saturated carbocycles. The van der Waals surface area contributed by atoms with Crippen LogP contribution in [0.25, 0.3) is 0 Å². The first kappa shape index (κ1) is 8.87. The molecular weight excluding hydrogens is 174 g/mol. The van der Waals surface area contributed by atoms with Crippen LogP contribution in [0.4, 0.5) is 5.69 Å². The van der Waals surface area contributed by atoms with Gasteiger partial charge in [-0.3, -0.25) is 5.41 Å². The third-order valence-corrected chi connectivity index (χ3v) is 1.78. The topological polar surface area (TPSA) is 61.9 Å². The molecular formula is C8H10ClN3. The molecule has 0 radical (unpaired) electrons. The molecule has 0 aliphatic rings. The first-order valence-electron chi connectivity index (χ1n) is 3.47. The zero-order chi connectivity index (χ0) is 9.14. The number of nitrogen functional groups attached to an aromatic ring is 1. The minimum absolute atomic E-state index is 0.0380. The van der Waals surface area contributed by atoms with Crippen molar-refractivity contribution in [3.05, 3.63) is 28.8 Å². The standard InChI is InChI=1S/C8H10ClN3/c1-12-7-4-5(9)2-3-6(7)8(10)11/h2-4,12H,1H3,(H3,10,11). The summed E-state index contributed by atoms with van der Waals surface area (Å²) in [6.45, 7) is 0. The summed E-state index contributed by atoms with van der Waals surface area (Å²) in [5.74, 6) is 0.0380. The highest BCUT2D eigenvalue weighted by Gasteiger charge is 2.03. The Bertz CT molecular complexity index is 309. The van der Waals surface area contributed by atoms with Gasteiger partial charge in [0.25, 0.3) is 0 Å². The molecule has 0 saturated heterocycles. The molecule has 64 valence electrons. The Morgan fingerprint density at radius 1 is 1.58 bits per heavy atom. The highest BCUT2D eigenvalue weighted by atomic mass is 35.5. The van der Waals surface area contributed by atoms with E-state index in [1.165, 1.54) is 0 Å². The van der Waals surface area contributed by atoms with Crippen molar-refractivity contribution in [2.75, 3.05) is 12.4 Å². The Hall–Kier alpha value is -1.22. The van der Waals surface area contributed by atoms with E-state index in [0.717, 1.165) is 5.69 Å². The number of halogens is 1. The van der Waals surface area contributed by atoms with E-state index >= 15 is 0 Å². The summed E-state index contributed by atoms with van der Waals surface area (Å²) >= 11 is 5.75. The Morgan fingerprint density at radius 3 is 2.75 bits per heavy atom. The molecule has 0 spiro atoms. The van der Waals surface area contributed by atoms with Crippen LogP contribution in [0.1, 0.15) is 5.56 Å². The maximum absolute atomic E-state index is 7.24. The molecule has 0 aromatic heterocycles. The minimum atomic E-state index is 0.0380. The molecule has 0 atom stereocenters. The van der Waals surface area contributed by atoms with Crippen LogP contribution in [-0.2, 0) is 0 Å². The van der Waals surface area contributed by atoms with Gasteiger partial charge in [-0.2, -0.15) is 0 Å². The van der Waals surface area contributed by atoms with Crippen LogP contribution in [0.3, 0.4) is 0 Å². The average molecular weight is 184 g/mol. The molecule has 4 N–H and O–H groups in total. The van der Waals surface area contributed by atoms with Crippen LogP contribution < -0.4 is 11.1 Å². The molecule has 4 heteroatoms. The molecule has 0 aliphatic heterocycles. The highest BCUT2D eigenvalue weighted by Crippen LogP contribution is 2.19. The van der Waals surface area contributed by atoms with Crippen LogP contribution in [0.5, 0.6) is 0 Å². The summed E-state index contributed by atoms with van der Waals surface area (Å²) in [6, 6.07) is 5.16. The third kappa shape index (κ3) is 1.68. The fraction of sp³-hybridized carbons (Fsp3) is 0.125. The molecule has 1 aromatic rings. The van der Waals surface area contributed by atoms with Gasteiger partial charge in [-0.15, -0.1) is 0 Å². The lowest BCUT2D eigenvalue weighted by Gasteiger charge is -2.06. The summed E-state index contributed by atoms with van der Waals surface area (Å²) in [4.78, 5) is 0. The van der Waals surface area contributed by atoms with E-state index < -0.39 is 0 Å². The lowest BCUT2D eigenvalue weighted by molar-refractivity contribution is 1.40. The van der Waals surface area contributed by atoms with Gasteiger partial charge in [-0.05, 0) is 18.2 Å². The maximum Gasteiger partial charge on any atom is 0.124 e. The van der Waals surface area contributed by atoms with Crippen molar-refractivity contribution >= 4 is 23.1 Å². The zero-order valence-electron chi connectivity index (χ0n) is 6.69. The molecule has 0 fully saturated rings. The smallest absolute Gasteiger partial charge is 0.124 e. The number of amidine groups is 1. The Labute approximate surface area is 76.0 Å². The number of hydrogen-bond acceptors (Lipinski definition) is 2. The van der Waals surface area contributed by atoms with Crippen molar-refractivity contribution in [2.45, 2.75) is 0 Å². The predicted octanol–water partition coefficient (Wildman–Crippen LogP) is 1.67. The lowest BCUT2D eigenvalue weighted by atomic mass is 10.1. The van der Waals surface area contributed by atoms with Crippen LogP contribution in [0, 0.1) is 5.41 Å². The van der Waals surface area contributed by atoms with Crippen molar-refractivity contribution in [2.24, 2.45) is 5.73 Å². The van der Waals surface area contributed by atoms with Gasteiger partial charge < -0.3 is 11.1 Å². The number of rotatable bonds is 2. The van der Waals surface area contributed by atoms with Crippen molar-refractivity contribution in [1.29, 1.82) is 5.41 Å². The molecule has 0 amide bonds. The number of benzene rings is 1. The zero-order valence-corrected chi connectivity index (χ0v) is 7.44. The van der Waals surface area contributed by atoms with E-state index in [2.05, 4.69) is 5.32 Å². The molecule has 0 heterocycles. The number of nitrogens with one attached hydrogen (secondary N) is 2. The quantitative estimate of drug-likeness (QED) is 0.483. The second-order valence-electron chi connectivity index (χ2n) is 2.35. The van der Waals surface area contributed by atoms with Gasteiger partial charge in [-0.1, -0.05) is 11.6 Å². The monoisotopic (exact) mass is 183 g/mol. The first-order valence-corrected chi connectivity index (χ1v) is 3.84. The summed E-state index contributed by atoms with van der Waals surface area (Å²) in [5, 5.41) is 10.8. The van der Waals surface area contributed by atoms with Crippen LogP contribution >= 0.6 is 11.6 Å². The Morgan fingerprint density at radius 2 is 2.25 bits per heavy atom. The Balaban J connectivity index is 3.20. The number of hydrogen-bond donors (Lipinski definition) is 3. The number of anilines is 1. The van der Waals surface area contributed by atoms with Crippen molar-refractivity contribution in [3.63, 3.8) is 0 Å². The molecule has 12 heavy (non-hydrogen) atoms. The summed E-state index contributed by atoms with van der Waals surface area (Å²) in [7, 11) is 1.76. The molecule has 0 aliphatic carbocycles. The van der Waals surface area contributed by atoms with Crippen molar-refractivity contribution < 1.29 is 0 Å². The summed E-state index contributed by atoms with van der Waals surface area (Å²) in [6.07, 6.45) is 0. The fourth-order valence-electron chi connectivity index (χ4n) is 0.958. The van der Waals surface area contributed by atoms with Crippen molar-refractivity contribution in [1.82, 2.24) is 0 Å². The average Bonchev–Trinajstić information content (AvgIpc) is 2.03. The van der Waals surface area contributed by atoms with Gasteiger partial charge in [0.1, 0.15) is 5.84 Å². The molecule has 3 nitrogen and oxygen atoms in total. The third-order valence-electron chi connectivity index (χ3n) is 1.54. The lowest BCUT2D eigenvalue weighted by Crippen LogP contribution is -2.13. The van der Waals surface area contributed by atoms with Gasteiger partial charge in [0.05, 0.1) is 0 Å².